The number of nitrogens with zero attached hydrogens (tertiary/aromatic N) is 2. The zero-order chi connectivity index (χ0) is 17.5. The first-order valence-corrected chi connectivity index (χ1v) is 7.32. The molecule has 1 aromatic carbocycles. The fourth-order valence-corrected chi connectivity index (χ4v) is 2.83. The largest absolute Gasteiger partial charge is 0.573 e. The van der Waals surface area contributed by atoms with Crippen LogP contribution >= 0.6 is 0 Å². The van der Waals surface area contributed by atoms with Gasteiger partial charge in [-0.1, -0.05) is 0 Å². The number of hydrogen-bond acceptors (Lipinski definition) is 3. The molecule has 1 amide bonds. The number of rotatable bonds is 3. The van der Waals surface area contributed by atoms with E-state index in [1.165, 1.54) is 23.1 Å². The zero-order valence-corrected chi connectivity index (χ0v) is 12.8. The summed E-state index contributed by atoms with van der Waals surface area (Å²) in [7, 11) is 1.56. The fourth-order valence-electron chi connectivity index (χ4n) is 2.83. The van der Waals surface area contributed by atoms with Gasteiger partial charge in [0.05, 0.1) is 6.07 Å². The van der Waals surface area contributed by atoms with E-state index in [0.717, 1.165) is 6.42 Å². The number of hydrogen-bond donors (Lipinski definition) is 1. The number of aromatic nitrogens is 1. The first kappa shape index (κ1) is 16.2. The number of ether oxygens (including phenoxy) is 1. The highest BCUT2D eigenvalue weighted by Gasteiger charge is 2.43. The Morgan fingerprint density at radius 3 is 2.62 bits per heavy atom. The molecule has 1 fully saturated rings. The van der Waals surface area contributed by atoms with Gasteiger partial charge in [0, 0.05) is 24.0 Å². The van der Waals surface area contributed by atoms with Crippen molar-refractivity contribution in [3.8, 4) is 11.8 Å². The van der Waals surface area contributed by atoms with Gasteiger partial charge < -0.3 is 14.6 Å². The van der Waals surface area contributed by atoms with E-state index >= 15 is 0 Å². The lowest BCUT2D eigenvalue weighted by Gasteiger charge is -2.42. The molecule has 3 rings (SSSR count). The molecule has 0 unspecified atom stereocenters. The summed E-state index contributed by atoms with van der Waals surface area (Å²) in [5.74, 6) is -0.734. The maximum Gasteiger partial charge on any atom is 0.573 e. The van der Waals surface area contributed by atoms with Crippen LogP contribution in [-0.2, 0) is 0 Å². The van der Waals surface area contributed by atoms with Crippen molar-refractivity contribution in [2.24, 2.45) is 0 Å². The maximum absolute atomic E-state index is 12.6. The summed E-state index contributed by atoms with van der Waals surface area (Å²) in [4.78, 5) is 16.8. The van der Waals surface area contributed by atoms with Gasteiger partial charge in [-0.15, -0.1) is 13.2 Å². The standard InChI is InChI=1S/C16H14F3N3O2/c1-22(15(9-20)5-2-6-15)14(23)13-7-10-3-4-11(8-12(10)21-13)24-16(17,18)19/h3-4,7-8,21H,2,5-6H2,1H3. The number of aromatic amines is 1. The highest BCUT2D eigenvalue weighted by Crippen LogP contribution is 2.37. The van der Waals surface area contributed by atoms with E-state index in [0.29, 0.717) is 23.7 Å². The summed E-state index contributed by atoms with van der Waals surface area (Å²) in [6, 6.07) is 7.54. The topological polar surface area (TPSA) is 69.1 Å². The first-order chi connectivity index (χ1) is 11.2. The van der Waals surface area contributed by atoms with E-state index in [1.807, 2.05) is 0 Å². The van der Waals surface area contributed by atoms with Crippen LogP contribution in [0.3, 0.4) is 0 Å². The summed E-state index contributed by atoms with van der Waals surface area (Å²) >= 11 is 0. The highest BCUT2D eigenvalue weighted by molar-refractivity contribution is 5.98. The van der Waals surface area contributed by atoms with Crippen LogP contribution in [0.4, 0.5) is 13.2 Å². The quantitative estimate of drug-likeness (QED) is 0.931. The van der Waals surface area contributed by atoms with Crippen molar-refractivity contribution < 1.29 is 22.7 Å². The molecule has 0 radical (unpaired) electrons. The van der Waals surface area contributed by atoms with Gasteiger partial charge in [-0.05, 0) is 37.5 Å². The van der Waals surface area contributed by atoms with E-state index in [-0.39, 0.29) is 17.4 Å². The predicted molar refractivity (Wildman–Crippen MR) is 79.3 cm³/mol. The third-order valence-corrected chi connectivity index (χ3v) is 4.39. The molecule has 0 spiro atoms. The van der Waals surface area contributed by atoms with E-state index in [9.17, 15) is 23.2 Å². The molecule has 2 aromatic rings. The molecule has 1 aliphatic carbocycles. The molecule has 1 saturated carbocycles. The number of alkyl halides is 3. The number of fused-ring (bicyclic) bond motifs is 1. The lowest BCUT2D eigenvalue weighted by Crippen LogP contribution is -2.53. The van der Waals surface area contributed by atoms with Gasteiger partial charge in [-0.25, -0.2) is 0 Å². The minimum absolute atomic E-state index is 0.221. The Balaban J connectivity index is 1.88. The molecule has 1 aromatic heterocycles. The second-order valence-electron chi connectivity index (χ2n) is 5.84. The van der Waals surface area contributed by atoms with E-state index < -0.39 is 11.9 Å². The third kappa shape index (κ3) is 2.77. The number of benzene rings is 1. The molecule has 0 aliphatic heterocycles. The van der Waals surface area contributed by atoms with Crippen molar-refractivity contribution in [3.63, 3.8) is 0 Å². The first-order valence-electron chi connectivity index (χ1n) is 7.32. The molecule has 24 heavy (non-hydrogen) atoms. The molecule has 126 valence electrons. The molecule has 8 heteroatoms. The Morgan fingerprint density at radius 2 is 2.08 bits per heavy atom. The monoisotopic (exact) mass is 337 g/mol. The lowest BCUT2D eigenvalue weighted by atomic mass is 9.76. The highest BCUT2D eigenvalue weighted by atomic mass is 19.4. The predicted octanol–water partition coefficient (Wildman–Crippen LogP) is 3.58. The van der Waals surface area contributed by atoms with Crippen LogP contribution in [-0.4, -0.2) is 34.7 Å². The van der Waals surface area contributed by atoms with Crippen molar-refractivity contribution in [2.45, 2.75) is 31.2 Å². The minimum Gasteiger partial charge on any atom is -0.406 e. The number of amides is 1. The SMILES string of the molecule is CN(C(=O)c1cc2ccc(OC(F)(F)F)cc2[nH]1)C1(C#N)CCC1. The summed E-state index contributed by atoms with van der Waals surface area (Å²) < 4.78 is 40.7. The number of H-pyrrole nitrogens is 1. The Kier molecular flexibility index (Phi) is 3.67. The van der Waals surface area contributed by atoms with Crippen LogP contribution in [0.1, 0.15) is 29.8 Å². The normalized spacial score (nSPS) is 16.3. The smallest absolute Gasteiger partial charge is 0.406 e. The molecular formula is C16H14F3N3O2. The maximum atomic E-state index is 12.6. The number of halogens is 3. The Bertz CT molecular complexity index is 831. The van der Waals surface area contributed by atoms with Gasteiger partial charge in [-0.2, -0.15) is 5.26 Å². The Labute approximate surface area is 135 Å². The van der Waals surface area contributed by atoms with Gasteiger partial charge >= 0.3 is 6.36 Å². The van der Waals surface area contributed by atoms with Crippen LogP contribution in [0.2, 0.25) is 0 Å². The van der Waals surface area contributed by atoms with Crippen LogP contribution in [0.15, 0.2) is 24.3 Å². The minimum atomic E-state index is -4.78. The molecule has 1 heterocycles. The summed E-state index contributed by atoms with van der Waals surface area (Å²) in [6.45, 7) is 0. The average molecular weight is 337 g/mol. The Hall–Kier alpha value is -2.69. The second kappa shape index (κ2) is 5.44. The van der Waals surface area contributed by atoms with Gasteiger partial charge in [-0.3, -0.25) is 4.79 Å². The van der Waals surface area contributed by atoms with Crippen molar-refractivity contribution in [3.05, 3.63) is 30.0 Å². The third-order valence-electron chi connectivity index (χ3n) is 4.39. The van der Waals surface area contributed by atoms with Crippen molar-refractivity contribution >= 4 is 16.8 Å². The summed E-state index contributed by atoms with van der Waals surface area (Å²) in [6.07, 6.45) is -2.65. The second-order valence-corrected chi connectivity index (χ2v) is 5.84. The van der Waals surface area contributed by atoms with Crippen LogP contribution in [0.5, 0.6) is 5.75 Å². The van der Waals surface area contributed by atoms with Crippen molar-refractivity contribution in [2.75, 3.05) is 7.05 Å². The number of carbonyl (C=O) groups is 1. The number of nitriles is 1. The fraction of sp³-hybridized carbons (Fsp3) is 0.375. The van der Waals surface area contributed by atoms with Crippen LogP contribution < -0.4 is 4.74 Å². The van der Waals surface area contributed by atoms with E-state index in [2.05, 4.69) is 15.8 Å². The average Bonchev–Trinajstić information content (AvgIpc) is 2.87. The lowest BCUT2D eigenvalue weighted by molar-refractivity contribution is -0.274. The summed E-state index contributed by atoms with van der Waals surface area (Å²) in [5, 5.41) is 9.89. The van der Waals surface area contributed by atoms with E-state index in [4.69, 9.17) is 0 Å². The number of carbonyl (C=O) groups excluding carboxylic acids is 1. The van der Waals surface area contributed by atoms with Gasteiger partial charge in [0.15, 0.2) is 0 Å². The van der Waals surface area contributed by atoms with Crippen molar-refractivity contribution in [1.82, 2.24) is 9.88 Å². The molecule has 1 aliphatic rings. The Morgan fingerprint density at radius 1 is 1.38 bits per heavy atom. The van der Waals surface area contributed by atoms with Gasteiger partial charge in [0.1, 0.15) is 17.0 Å². The molecule has 5 nitrogen and oxygen atoms in total. The van der Waals surface area contributed by atoms with E-state index in [1.54, 1.807) is 13.1 Å². The molecule has 0 bridgehead atoms. The van der Waals surface area contributed by atoms with Crippen LogP contribution in [0.25, 0.3) is 10.9 Å². The zero-order valence-electron chi connectivity index (χ0n) is 12.8. The molecule has 1 N–H and O–H groups in total. The molecule has 0 atom stereocenters. The molecule has 0 saturated heterocycles. The van der Waals surface area contributed by atoms with Crippen molar-refractivity contribution in [1.29, 1.82) is 5.26 Å². The summed E-state index contributed by atoms with van der Waals surface area (Å²) in [5.41, 5.74) is -0.217. The number of nitrogens with one attached hydrogen (secondary N) is 1. The van der Waals surface area contributed by atoms with Gasteiger partial charge in [0.2, 0.25) is 0 Å². The van der Waals surface area contributed by atoms with Crippen LogP contribution in [0, 0.1) is 11.3 Å². The van der Waals surface area contributed by atoms with Gasteiger partial charge in [0.25, 0.3) is 5.91 Å². The molecular weight excluding hydrogens is 323 g/mol.